The maximum atomic E-state index is 12.3. The minimum atomic E-state index is -5.25. The molecule has 0 aliphatic heterocycles. The standard InChI is InChI=1S/C37H71O9PS.2Na/c1-3-4-5-6-7-8-9-11-15-18-21-24-27-30-37(40)46-35(33-45-47(41,42)43)32-44-36(39)29-26-23-20-17-14-12-10-13-16-19-22-25-28-31-48-34(2)38;;/h35H,3-33H2,1-2H3,(H2,41,42,43);;/q;2*+1/p-2/t35-;;/m1../s1. The Bertz CT molecular complexity index is 833. The number of esters is 2. The Morgan fingerprint density at radius 2 is 0.920 bits per heavy atom. The van der Waals surface area contributed by atoms with Crippen LogP contribution in [0.1, 0.15) is 194 Å². The van der Waals surface area contributed by atoms with E-state index in [1.165, 1.54) is 121 Å². The first-order chi connectivity index (χ1) is 23.1. The van der Waals surface area contributed by atoms with Gasteiger partial charge in [-0.2, -0.15) is 0 Å². The molecule has 1 atom stereocenters. The van der Waals surface area contributed by atoms with Crippen LogP contribution in [0.3, 0.4) is 0 Å². The molecule has 284 valence electrons. The first-order valence-electron chi connectivity index (χ1n) is 19.3. The molecule has 0 unspecified atom stereocenters. The molecule has 0 fully saturated rings. The molecule has 0 aromatic rings. The van der Waals surface area contributed by atoms with Crippen LogP contribution in [0.4, 0.5) is 0 Å². The van der Waals surface area contributed by atoms with Crippen LogP contribution in [0, 0.1) is 0 Å². The molecule has 9 nitrogen and oxygen atoms in total. The zero-order valence-corrected chi connectivity index (χ0v) is 38.2. The van der Waals surface area contributed by atoms with Gasteiger partial charge in [-0.1, -0.05) is 166 Å². The van der Waals surface area contributed by atoms with Gasteiger partial charge in [-0.05, 0) is 19.3 Å². The van der Waals surface area contributed by atoms with Gasteiger partial charge in [0.15, 0.2) is 11.2 Å². The number of carbonyl (C=O) groups excluding carboxylic acids is 3. The second kappa shape index (κ2) is 41.2. The molecule has 0 N–H and O–H groups in total. The van der Waals surface area contributed by atoms with Gasteiger partial charge in [-0.3, -0.25) is 14.4 Å². The molecule has 13 heteroatoms. The molecule has 0 rings (SSSR count). The van der Waals surface area contributed by atoms with Crippen molar-refractivity contribution >= 4 is 36.6 Å². The second-order valence-corrected chi connectivity index (χ2v) is 15.6. The van der Waals surface area contributed by atoms with E-state index in [1.807, 2.05) is 0 Å². The number of hydrogen-bond donors (Lipinski definition) is 0. The van der Waals surface area contributed by atoms with Crippen LogP contribution in [-0.2, 0) is 32.9 Å². The molecule has 0 spiro atoms. The van der Waals surface area contributed by atoms with Crippen molar-refractivity contribution in [2.24, 2.45) is 0 Å². The zero-order valence-electron chi connectivity index (χ0n) is 32.5. The summed E-state index contributed by atoms with van der Waals surface area (Å²) in [6, 6.07) is 0. The molecule has 0 aromatic carbocycles. The zero-order chi connectivity index (χ0) is 35.6. The summed E-state index contributed by atoms with van der Waals surface area (Å²) >= 11 is 1.42. The first kappa shape index (κ1) is 55.4. The van der Waals surface area contributed by atoms with E-state index in [9.17, 15) is 28.7 Å². The molecule has 0 saturated carbocycles. The summed E-state index contributed by atoms with van der Waals surface area (Å²) < 4.78 is 25.8. The monoisotopic (exact) mass is 766 g/mol. The van der Waals surface area contributed by atoms with Crippen molar-refractivity contribution in [1.82, 2.24) is 0 Å². The van der Waals surface area contributed by atoms with E-state index in [2.05, 4.69) is 11.4 Å². The van der Waals surface area contributed by atoms with Crippen LogP contribution in [0.15, 0.2) is 0 Å². The Kier molecular flexibility index (Phi) is 45.7. The minimum absolute atomic E-state index is 0. The van der Waals surface area contributed by atoms with Crippen LogP contribution >= 0.6 is 19.6 Å². The maximum absolute atomic E-state index is 12.3. The summed E-state index contributed by atoms with van der Waals surface area (Å²) in [6.07, 6.45) is 29.7. The average Bonchev–Trinajstić information content (AvgIpc) is 3.03. The third-order valence-corrected chi connectivity index (χ3v) is 9.83. The van der Waals surface area contributed by atoms with Crippen LogP contribution in [0.2, 0.25) is 0 Å². The van der Waals surface area contributed by atoms with Gasteiger partial charge in [0.05, 0.1) is 14.4 Å². The van der Waals surface area contributed by atoms with Gasteiger partial charge in [0.1, 0.15) is 6.61 Å². The Hall–Kier alpha value is 1.07. The average molecular weight is 767 g/mol. The number of ether oxygens (including phenoxy) is 2. The number of carbonyl (C=O) groups is 3. The molecule has 0 radical (unpaired) electrons. The van der Waals surface area contributed by atoms with Gasteiger partial charge in [0.2, 0.25) is 0 Å². The second-order valence-electron chi connectivity index (χ2n) is 13.2. The molecular weight excluding hydrogens is 697 g/mol. The van der Waals surface area contributed by atoms with Gasteiger partial charge in [0, 0.05) is 25.5 Å². The Morgan fingerprint density at radius 3 is 1.30 bits per heavy atom. The van der Waals surface area contributed by atoms with Crippen molar-refractivity contribution in [3.8, 4) is 0 Å². The van der Waals surface area contributed by atoms with E-state index < -0.39 is 32.5 Å². The Balaban J connectivity index is -0.0000110. The third-order valence-electron chi connectivity index (χ3n) is 8.46. The summed E-state index contributed by atoms with van der Waals surface area (Å²) in [7, 11) is -5.25. The summed E-state index contributed by atoms with van der Waals surface area (Å²) in [6.45, 7) is 2.85. The normalized spacial score (nSPS) is 11.8. The van der Waals surface area contributed by atoms with Crippen molar-refractivity contribution in [3.63, 3.8) is 0 Å². The van der Waals surface area contributed by atoms with E-state index in [1.54, 1.807) is 6.92 Å². The molecule has 0 aliphatic carbocycles. The fraction of sp³-hybridized carbons (Fsp3) is 0.919. The van der Waals surface area contributed by atoms with Crippen molar-refractivity contribution in [2.45, 2.75) is 200 Å². The predicted octanol–water partition coefficient (Wildman–Crippen LogP) is 3.52. The maximum Gasteiger partial charge on any atom is 1.00 e. The van der Waals surface area contributed by atoms with Gasteiger partial charge < -0.3 is 28.3 Å². The van der Waals surface area contributed by atoms with Crippen molar-refractivity contribution < 1.29 is 102 Å². The van der Waals surface area contributed by atoms with Gasteiger partial charge in [-0.15, -0.1) is 0 Å². The topological polar surface area (TPSA) is 142 Å². The fourth-order valence-corrected chi connectivity index (χ4v) is 6.60. The molecular formula is C37H69Na2O9PS. The molecule has 0 aromatic heterocycles. The number of rotatable bonds is 36. The SMILES string of the molecule is CCCCCCCCCCCCCCCC(=O)O[C@H](COC(=O)CCCCCCCCCCCCCCCSC(C)=O)COP(=O)([O-])[O-].[Na+].[Na+]. The number of phosphoric acid groups is 1. The summed E-state index contributed by atoms with van der Waals surface area (Å²) in [5, 5.41) is 0.208. The van der Waals surface area contributed by atoms with Gasteiger partial charge in [0.25, 0.3) is 0 Å². The van der Waals surface area contributed by atoms with Crippen LogP contribution in [0.25, 0.3) is 0 Å². The van der Waals surface area contributed by atoms with E-state index in [0.717, 1.165) is 50.7 Å². The van der Waals surface area contributed by atoms with Crippen LogP contribution < -0.4 is 68.9 Å². The van der Waals surface area contributed by atoms with Gasteiger partial charge >= 0.3 is 71.1 Å². The van der Waals surface area contributed by atoms with Crippen LogP contribution in [0.5, 0.6) is 0 Å². The van der Waals surface area contributed by atoms with E-state index in [0.29, 0.717) is 12.8 Å². The predicted molar refractivity (Wildman–Crippen MR) is 192 cm³/mol. The Morgan fingerprint density at radius 1 is 0.560 bits per heavy atom. The van der Waals surface area contributed by atoms with Crippen LogP contribution in [-0.4, -0.2) is 42.1 Å². The number of phosphoric ester groups is 1. The molecule has 0 saturated heterocycles. The molecule has 0 bridgehead atoms. The summed E-state index contributed by atoms with van der Waals surface area (Å²) in [5.74, 6) is -0.0233. The number of thioether (sulfide) groups is 1. The largest absolute Gasteiger partial charge is 1.00 e. The fourth-order valence-electron chi connectivity index (χ4n) is 5.61. The Labute approximate surface area is 354 Å². The van der Waals surface area contributed by atoms with Crippen molar-refractivity contribution in [3.05, 3.63) is 0 Å². The third kappa shape index (κ3) is 45.2. The number of unbranched alkanes of at least 4 members (excludes halogenated alkanes) is 24. The number of hydrogen-bond acceptors (Lipinski definition) is 10. The molecule has 50 heavy (non-hydrogen) atoms. The van der Waals surface area contributed by atoms with E-state index in [-0.39, 0.29) is 83.7 Å². The summed E-state index contributed by atoms with van der Waals surface area (Å²) in [5.41, 5.74) is 0. The molecule has 0 heterocycles. The minimum Gasteiger partial charge on any atom is -0.790 e. The first-order valence-corrected chi connectivity index (χ1v) is 21.7. The van der Waals surface area contributed by atoms with E-state index >= 15 is 0 Å². The smallest absolute Gasteiger partial charge is 0.790 e. The molecule has 0 amide bonds. The van der Waals surface area contributed by atoms with Gasteiger partial charge in [-0.25, -0.2) is 0 Å². The van der Waals surface area contributed by atoms with E-state index in [4.69, 9.17) is 9.47 Å². The van der Waals surface area contributed by atoms with Crippen molar-refractivity contribution in [1.29, 1.82) is 0 Å². The van der Waals surface area contributed by atoms with Crippen molar-refractivity contribution in [2.75, 3.05) is 19.0 Å². The quantitative estimate of drug-likeness (QED) is 0.0403. The molecule has 0 aliphatic rings. The summed E-state index contributed by atoms with van der Waals surface area (Å²) in [4.78, 5) is 57.3.